The molecule has 0 aliphatic rings. The largest absolute Gasteiger partial charge is 0.478 e. The number of hydrogen-bond donors (Lipinski definition) is 2. The first-order chi connectivity index (χ1) is 15.2. The molecule has 0 saturated heterocycles. The first-order valence-corrected chi connectivity index (χ1v) is 11.2. The molecular formula is C24H27N3O4S. The maximum Gasteiger partial charge on any atom is 0.407 e. The molecule has 0 atom stereocenters. The number of nitrogens with one attached hydrogen (secondary N) is 1. The average molecular weight is 454 g/mol. The molecule has 2 N–H and O–H groups in total. The van der Waals surface area contributed by atoms with Crippen LogP contribution in [0.5, 0.6) is 0 Å². The molecule has 0 bridgehead atoms. The van der Waals surface area contributed by atoms with Crippen molar-refractivity contribution >= 4 is 29.1 Å². The van der Waals surface area contributed by atoms with E-state index in [-0.39, 0.29) is 5.56 Å². The predicted molar refractivity (Wildman–Crippen MR) is 125 cm³/mol. The lowest BCUT2D eigenvalue weighted by atomic mass is 10.1. The van der Waals surface area contributed by atoms with Crippen LogP contribution in [0.25, 0.3) is 11.3 Å². The topological polar surface area (TPSA) is 92.9 Å². The lowest BCUT2D eigenvalue weighted by Gasteiger charge is -2.19. The molecule has 0 spiro atoms. The second kappa shape index (κ2) is 10.3. The zero-order chi connectivity index (χ0) is 23.1. The van der Waals surface area contributed by atoms with E-state index in [1.165, 1.54) is 11.3 Å². The van der Waals surface area contributed by atoms with E-state index >= 15 is 0 Å². The van der Waals surface area contributed by atoms with Gasteiger partial charge in [-0.15, -0.1) is 11.3 Å². The summed E-state index contributed by atoms with van der Waals surface area (Å²) in [6.07, 6.45) is 0.240. The first-order valence-electron chi connectivity index (χ1n) is 10.3. The number of alkyl carbamates (subject to hydrolysis) is 1. The van der Waals surface area contributed by atoms with Gasteiger partial charge in [0, 0.05) is 18.5 Å². The molecule has 7 nitrogen and oxygen atoms in total. The number of ether oxygens (including phenoxy) is 1. The molecule has 1 heterocycles. The summed E-state index contributed by atoms with van der Waals surface area (Å²) in [7, 11) is 0. The molecule has 1 aromatic heterocycles. The number of rotatable bonds is 7. The third-order valence-electron chi connectivity index (χ3n) is 4.43. The van der Waals surface area contributed by atoms with E-state index in [1.807, 2.05) is 56.5 Å². The minimum atomic E-state index is -0.956. The summed E-state index contributed by atoms with van der Waals surface area (Å²) in [5.74, 6) is -0.956. The number of aromatic nitrogens is 1. The van der Waals surface area contributed by atoms with Crippen molar-refractivity contribution in [3.05, 3.63) is 70.3 Å². The van der Waals surface area contributed by atoms with Gasteiger partial charge in [-0.3, -0.25) is 0 Å². The summed E-state index contributed by atoms with van der Waals surface area (Å²) in [6.45, 7) is 6.56. The van der Waals surface area contributed by atoms with E-state index in [2.05, 4.69) is 9.88 Å². The van der Waals surface area contributed by atoms with Crippen molar-refractivity contribution in [2.45, 2.75) is 39.3 Å². The number of carboxylic acids is 1. The van der Waals surface area contributed by atoms with Gasteiger partial charge < -0.3 is 19.7 Å². The number of benzene rings is 2. The lowest BCUT2D eigenvalue weighted by Crippen LogP contribution is -2.33. The summed E-state index contributed by atoms with van der Waals surface area (Å²) in [4.78, 5) is 28.7. The number of thiazole rings is 1. The highest BCUT2D eigenvalue weighted by Gasteiger charge is 2.15. The van der Waals surface area contributed by atoms with Gasteiger partial charge in [0.05, 0.1) is 16.9 Å². The number of aromatic carboxylic acids is 1. The highest BCUT2D eigenvalue weighted by Crippen LogP contribution is 2.22. The molecule has 32 heavy (non-hydrogen) atoms. The smallest absolute Gasteiger partial charge is 0.407 e. The maximum atomic E-state index is 11.9. The summed E-state index contributed by atoms with van der Waals surface area (Å²) in [5, 5.41) is 14.0. The van der Waals surface area contributed by atoms with Crippen LogP contribution in [0, 0.1) is 0 Å². The number of amides is 1. The number of para-hydroxylation sites is 1. The zero-order valence-electron chi connectivity index (χ0n) is 18.4. The van der Waals surface area contributed by atoms with Crippen molar-refractivity contribution in [1.29, 1.82) is 0 Å². The van der Waals surface area contributed by atoms with Crippen LogP contribution in [0.2, 0.25) is 0 Å². The Morgan fingerprint density at radius 3 is 2.41 bits per heavy atom. The molecule has 168 valence electrons. The Kier molecular flexibility index (Phi) is 7.48. The van der Waals surface area contributed by atoms with Crippen LogP contribution in [-0.2, 0) is 11.3 Å². The van der Waals surface area contributed by atoms with E-state index in [1.54, 1.807) is 24.3 Å². The Labute approximate surface area is 191 Å². The maximum absolute atomic E-state index is 11.9. The Morgan fingerprint density at radius 1 is 1.09 bits per heavy atom. The molecule has 0 saturated carbocycles. The van der Waals surface area contributed by atoms with E-state index in [4.69, 9.17) is 14.8 Å². The van der Waals surface area contributed by atoms with Crippen molar-refractivity contribution in [2.75, 3.05) is 6.54 Å². The van der Waals surface area contributed by atoms with Crippen molar-refractivity contribution in [1.82, 2.24) is 9.88 Å². The van der Waals surface area contributed by atoms with Crippen LogP contribution in [0.4, 0.5) is 10.5 Å². The number of carbonyl (C=O) groups is 2. The van der Waals surface area contributed by atoms with Crippen LogP contribution < -0.4 is 10.1 Å². The van der Waals surface area contributed by atoms with Gasteiger partial charge in [0.2, 0.25) is 0 Å². The van der Waals surface area contributed by atoms with E-state index in [0.717, 1.165) is 21.7 Å². The summed E-state index contributed by atoms with van der Waals surface area (Å²) < 4.78 is 7.37. The molecule has 0 fully saturated rings. The van der Waals surface area contributed by atoms with Gasteiger partial charge in [-0.05, 0) is 57.0 Å². The first kappa shape index (κ1) is 23.3. The number of carboxylic acid groups (broad SMARTS) is 1. The van der Waals surface area contributed by atoms with Crippen molar-refractivity contribution in [3.8, 4) is 11.3 Å². The molecular weight excluding hydrogens is 426 g/mol. The third kappa shape index (κ3) is 6.55. The van der Waals surface area contributed by atoms with Gasteiger partial charge in [-0.25, -0.2) is 14.6 Å². The number of hydrogen-bond acceptors (Lipinski definition) is 5. The Bertz CT molecular complexity index is 1130. The van der Waals surface area contributed by atoms with Gasteiger partial charge in [-0.2, -0.15) is 0 Å². The van der Waals surface area contributed by atoms with E-state index < -0.39 is 17.7 Å². The second-order valence-corrected chi connectivity index (χ2v) is 9.00. The van der Waals surface area contributed by atoms with Crippen LogP contribution in [-0.4, -0.2) is 33.9 Å². The van der Waals surface area contributed by atoms with Gasteiger partial charge in [0.15, 0.2) is 4.80 Å². The minimum absolute atomic E-state index is 0.242. The van der Waals surface area contributed by atoms with Gasteiger partial charge in [-0.1, -0.05) is 30.3 Å². The van der Waals surface area contributed by atoms with Crippen molar-refractivity contribution in [2.24, 2.45) is 4.99 Å². The van der Waals surface area contributed by atoms with E-state index in [0.29, 0.717) is 19.5 Å². The predicted octanol–water partition coefficient (Wildman–Crippen LogP) is 5.06. The minimum Gasteiger partial charge on any atom is -0.478 e. The monoisotopic (exact) mass is 453 g/mol. The molecule has 3 aromatic rings. The fourth-order valence-electron chi connectivity index (χ4n) is 3.00. The van der Waals surface area contributed by atoms with Gasteiger partial charge in [0.1, 0.15) is 5.60 Å². The van der Waals surface area contributed by atoms with Gasteiger partial charge in [0.25, 0.3) is 0 Å². The fourth-order valence-corrected chi connectivity index (χ4v) is 3.96. The third-order valence-corrected chi connectivity index (χ3v) is 5.30. The van der Waals surface area contributed by atoms with Crippen molar-refractivity contribution in [3.63, 3.8) is 0 Å². The SMILES string of the molecule is CC(C)(C)OC(=O)NCCCn1c(-c2ccc(C(=O)O)cc2)csc1=Nc1ccccc1. The Balaban J connectivity index is 1.82. The van der Waals surface area contributed by atoms with Crippen LogP contribution in [0.1, 0.15) is 37.6 Å². The number of carbonyl (C=O) groups excluding carboxylic acids is 1. The van der Waals surface area contributed by atoms with E-state index in [9.17, 15) is 9.59 Å². The average Bonchev–Trinajstić information content (AvgIpc) is 3.13. The van der Waals surface area contributed by atoms with Crippen LogP contribution in [0.3, 0.4) is 0 Å². The number of nitrogens with zero attached hydrogens (tertiary/aromatic N) is 2. The molecule has 0 unspecified atom stereocenters. The molecule has 0 aliphatic carbocycles. The zero-order valence-corrected chi connectivity index (χ0v) is 19.2. The molecule has 1 amide bonds. The quantitative estimate of drug-likeness (QED) is 0.489. The fraction of sp³-hybridized carbons (Fsp3) is 0.292. The highest BCUT2D eigenvalue weighted by atomic mass is 32.1. The van der Waals surface area contributed by atoms with Crippen LogP contribution in [0.15, 0.2) is 65.0 Å². The summed E-state index contributed by atoms with van der Waals surface area (Å²) in [6, 6.07) is 16.5. The molecule has 0 radical (unpaired) electrons. The van der Waals surface area contributed by atoms with Gasteiger partial charge >= 0.3 is 12.1 Å². The summed E-state index contributed by atoms with van der Waals surface area (Å²) in [5.41, 5.74) is 2.40. The standard InChI is InChI=1S/C24H27N3O4S/c1-24(2,3)31-23(30)25-14-7-15-27-20(17-10-12-18(13-11-17)21(28)29)16-32-22(27)26-19-8-5-4-6-9-19/h4-6,8-13,16H,7,14-15H2,1-3H3,(H,25,30)(H,28,29). The molecule has 8 heteroatoms. The molecule has 3 rings (SSSR count). The Morgan fingerprint density at radius 2 is 1.78 bits per heavy atom. The van der Waals surface area contributed by atoms with Crippen LogP contribution >= 0.6 is 11.3 Å². The summed E-state index contributed by atoms with van der Waals surface area (Å²) >= 11 is 1.52. The molecule has 0 aliphatic heterocycles. The van der Waals surface area contributed by atoms with Crippen molar-refractivity contribution < 1.29 is 19.4 Å². The Hall–Kier alpha value is -3.39. The molecule has 2 aromatic carbocycles. The normalized spacial score (nSPS) is 11.9. The lowest BCUT2D eigenvalue weighted by molar-refractivity contribution is 0.0526. The second-order valence-electron chi connectivity index (χ2n) is 8.17. The highest BCUT2D eigenvalue weighted by molar-refractivity contribution is 7.07.